The molecule has 2 aromatic rings. The van der Waals surface area contributed by atoms with E-state index in [1.54, 1.807) is 6.07 Å². The molecule has 20 heavy (non-hydrogen) atoms. The molecule has 0 saturated carbocycles. The quantitative estimate of drug-likeness (QED) is 0.548. The van der Waals surface area contributed by atoms with Crippen LogP contribution in [0.3, 0.4) is 0 Å². The van der Waals surface area contributed by atoms with Crippen molar-refractivity contribution in [1.82, 2.24) is 0 Å². The molecule has 2 rings (SSSR count). The molecule has 1 unspecified atom stereocenters. The zero-order valence-electron chi connectivity index (χ0n) is 10.9. The third kappa shape index (κ3) is 3.18. The van der Waals surface area contributed by atoms with Gasteiger partial charge in [-0.1, -0.05) is 39.7 Å². The Morgan fingerprint density at radius 2 is 1.95 bits per heavy atom. The van der Waals surface area contributed by atoms with Gasteiger partial charge in [0.1, 0.15) is 11.6 Å². The molecule has 0 fully saturated rings. The van der Waals surface area contributed by atoms with E-state index in [9.17, 15) is 4.39 Å². The van der Waals surface area contributed by atoms with Gasteiger partial charge in [0.05, 0.1) is 16.4 Å². The zero-order valence-corrected chi connectivity index (χ0v) is 14.8. The predicted molar refractivity (Wildman–Crippen MR) is 87.6 cm³/mol. The highest BCUT2D eigenvalue weighted by Crippen LogP contribution is 2.39. The highest BCUT2D eigenvalue weighted by molar-refractivity contribution is 9.10. The Labute approximate surface area is 139 Å². The molecule has 106 valence electrons. The van der Waals surface area contributed by atoms with Crippen LogP contribution in [-0.2, 0) is 0 Å². The Kier molecular flexibility index (Phi) is 5.10. The maximum atomic E-state index is 13.6. The van der Waals surface area contributed by atoms with Gasteiger partial charge in [0.2, 0.25) is 0 Å². The maximum absolute atomic E-state index is 13.6. The van der Waals surface area contributed by atoms with Crippen LogP contribution in [0.25, 0.3) is 0 Å². The molecule has 0 aromatic heterocycles. The third-order valence-corrected chi connectivity index (χ3v) is 5.07. The number of ether oxygens (including phenoxy) is 1. The van der Waals surface area contributed by atoms with Crippen LogP contribution in [-0.4, -0.2) is 7.11 Å². The topological polar surface area (TPSA) is 9.23 Å². The lowest BCUT2D eigenvalue weighted by atomic mass is 10.0. The van der Waals surface area contributed by atoms with E-state index in [1.165, 1.54) is 13.2 Å². The summed E-state index contributed by atoms with van der Waals surface area (Å²) in [4.78, 5) is -0.106. The predicted octanol–water partition coefficient (Wildman–Crippen LogP) is 6.04. The largest absolute Gasteiger partial charge is 0.496 e. The van der Waals surface area contributed by atoms with E-state index in [4.69, 9.17) is 16.3 Å². The first-order valence-electron chi connectivity index (χ1n) is 5.87. The van der Waals surface area contributed by atoms with E-state index < -0.39 is 0 Å². The number of alkyl halides is 1. The first kappa shape index (κ1) is 15.8. The average Bonchev–Trinajstić information content (AvgIpc) is 2.43. The number of rotatable bonds is 3. The van der Waals surface area contributed by atoms with E-state index in [0.717, 1.165) is 21.7 Å². The van der Waals surface area contributed by atoms with Gasteiger partial charge in [-0.25, -0.2) is 4.39 Å². The Morgan fingerprint density at radius 1 is 1.25 bits per heavy atom. The van der Waals surface area contributed by atoms with E-state index in [2.05, 4.69) is 31.9 Å². The summed E-state index contributed by atoms with van der Waals surface area (Å²) >= 11 is 12.9. The van der Waals surface area contributed by atoms with Gasteiger partial charge in [0.25, 0.3) is 0 Å². The fraction of sp³-hybridized carbons (Fsp3) is 0.200. The number of hydrogen-bond donors (Lipinski definition) is 0. The van der Waals surface area contributed by atoms with Crippen molar-refractivity contribution in [3.05, 3.63) is 62.3 Å². The second-order valence-electron chi connectivity index (χ2n) is 4.38. The molecule has 0 bridgehead atoms. The summed E-state index contributed by atoms with van der Waals surface area (Å²) in [7, 11) is 1.53. The Bertz CT molecular complexity index is 646. The second-order valence-corrected chi connectivity index (χ2v) is 6.56. The lowest BCUT2D eigenvalue weighted by Crippen LogP contribution is -1.99. The fourth-order valence-corrected chi connectivity index (χ4v) is 3.05. The molecule has 1 atom stereocenters. The minimum atomic E-state index is -0.349. The minimum Gasteiger partial charge on any atom is -0.496 e. The lowest BCUT2D eigenvalue weighted by Gasteiger charge is -2.16. The molecule has 0 spiro atoms. The second kappa shape index (κ2) is 6.46. The van der Waals surface area contributed by atoms with Gasteiger partial charge in [-0.2, -0.15) is 0 Å². The Hall–Kier alpha value is -0.580. The molecule has 0 aliphatic heterocycles. The van der Waals surface area contributed by atoms with Crippen molar-refractivity contribution in [1.29, 1.82) is 0 Å². The first-order chi connectivity index (χ1) is 9.43. The van der Waals surface area contributed by atoms with Crippen molar-refractivity contribution in [2.24, 2.45) is 0 Å². The molecule has 0 aliphatic rings. The summed E-state index contributed by atoms with van der Waals surface area (Å²) in [5.41, 5.74) is 2.87. The molecule has 1 nitrogen and oxygen atoms in total. The number of hydrogen-bond acceptors (Lipinski definition) is 1. The molecule has 0 radical (unpaired) electrons. The molecule has 5 heteroatoms. The molecule has 0 N–H and O–H groups in total. The number of methoxy groups -OCH3 is 1. The summed E-state index contributed by atoms with van der Waals surface area (Å²) < 4.78 is 19.2. The Morgan fingerprint density at radius 3 is 2.55 bits per heavy atom. The number of aryl methyl sites for hydroxylation is 1. The molecule has 0 amide bonds. The smallest absolute Gasteiger partial charge is 0.141 e. The minimum absolute atomic E-state index is 0.106. The van der Waals surface area contributed by atoms with E-state index >= 15 is 0 Å². The van der Waals surface area contributed by atoms with E-state index in [1.807, 2.05) is 25.1 Å². The van der Waals surface area contributed by atoms with Crippen LogP contribution in [0.15, 0.2) is 34.8 Å². The van der Waals surface area contributed by atoms with Crippen LogP contribution in [0.4, 0.5) is 4.39 Å². The maximum Gasteiger partial charge on any atom is 0.141 e. The van der Waals surface area contributed by atoms with Crippen LogP contribution in [0, 0.1) is 12.7 Å². The van der Waals surface area contributed by atoms with Crippen molar-refractivity contribution in [3.8, 4) is 5.75 Å². The summed E-state index contributed by atoms with van der Waals surface area (Å²) in [6.45, 7) is 1.95. The molecule has 0 aliphatic carbocycles. The van der Waals surface area contributed by atoms with Crippen LogP contribution in [0.5, 0.6) is 5.75 Å². The molecule has 2 aromatic carbocycles. The van der Waals surface area contributed by atoms with Crippen molar-refractivity contribution < 1.29 is 9.13 Å². The lowest BCUT2D eigenvalue weighted by molar-refractivity contribution is 0.406. The zero-order chi connectivity index (χ0) is 14.9. The van der Waals surface area contributed by atoms with E-state index in [-0.39, 0.29) is 10.6 Å². The van der Waals surface area contributed by atoms with Gasteiger partial charge in [0.15, 0.2) is 0 Å². The number of benzene rings is 2. The van der Waals surface area contributed by atoms with Crippen LogP contribution in [0.1, 0.15) is 21.5 Å². The van der Waals surface area contributed by atoms with Crippen molar-refractivity contribution in [2.45, 2.75) is 11.8 Å². The van der Waals surface area contributed by atoms with Crippen LogP contribution in [0.2, 0.25) is 5.02 Å². The third-order valence-electron chi connectivity index (χ3n) is 3.02. The molecular weight excluding hydrogens is 410 g/mol. The van der Waals surface area contributed by atoms with Gasteiger partial charge in [-0.15, -0.1) is 0 Å². The average molecular weight is 423 g/mol. The van der Waals surface area contributed by atoms with Crippen LogP contribution >= 0.6 is 43.5 Å². The van der Waals surface area contributed by atoms with Crippen LogP contribution < -0.4 is 4.74 Å². The van der Waals surface area contributed by atoms with Gasteiger partial charge in [-0.3, -0.25) is 0 Å². The van der Waals surface area contributed by atoms with Gasteiger partial charge in [-0.05, 0) is 46.1 Å². The molecular formula is C15H12Br2ClFO. The molecule has 0 heterocycles. The normalized spacial score (nSPS) is 12.3. The van der Waals surface area contributed by atoms with E-state index in [0.29, 0.717) is 10.2 Å². The van der Waals surface area contributed by atoms with Crippen molar-refractivity contribution in [2.75, 3.05) is 7.11 Å². The molecule has 0 saturated heterocycles. The van der Waals surface area contributed by atoms with Gasteiger partial charge >= 0.3 is 0 Å². The fourth-order valence-electron chi connectivity index (χ4n) is 1.92. The summed E-state index contributed by atoms with van der Waals surface area (Å²) in [5, 5.41) is 0.723. The summed E-state index contributed by atoms with van der Waals surface area (Å²) in [5.74, 6) is 0.151. The SMILES string of the molecule is COc1cc(F)c(Br)cc1C(Br)c1ccc(Cl)c(C)c1. The van der Waals surface area contributed by atoms with Gasteiger partial charge in [0, 0.05) is 16.7 Å². The summed E-state index contributed by atoms with van der Waals surface area (Å²) in [6, 6.07) is 8.88. The highest BCUT2D eigenvalue weighted by atomic mass is 79.9. The van der Waals surface area contributed by atoms with Crippen molar-refractivity contribution in [3.63, 3.8) is 0 Å². The highest BCUT2D eigenvalue weighted by Gasteiger charge is 2.18. The Balaban J connectivity index is 2.49. The summed E-state index contributed by atoms with van der Waals surface area (Å²) in [6.07, 6.45) is 0. The van der Waals surface area contributed by atoms with Crippen molar-refractivity contribution >= 4 is 43.5 Å². The monoisotopic (exact) mass is 420 g/mol. The standard InChI is InChI=1S/C15H12Br2ClFO/c1-8-5-9(3-4-12(8)18)15(17)10-6-11(16)13(19)7-14(10)20-2/h3-7,15H,1-2H3. The number of halogens is 4. The van der Waals surface area contributed by atoms with Gasteiger partial charge < -0.3 is 4.74 Å². The first-order valence-corrected chi connectivity index (χ1v) is 7.95.